The zero-order valence-corrected chi connectivity index (χ0v) is 11.0. The molecule has 20 heavy (non-hydrogen) atoms. The lowest BCUT2D eigenvalue weighted by Gasteiger charge is -1.98. The van der Waals surface area contributed by atoms with Crippen LogP contribution in [0, 0.1) is 12.7 Å². The van der Waals surface area contributed by atoms with Gasteiger partial charge in [-0.3, -0.25) is 0 Å². The van der Waals surface area contributed by atoms with Crippen molar-refractivity contribution in [3.05, 3.63) is 60.0 Å². The monoisotopic (exact) mass is 267 g/mol. The van der Waals surface area contributed by atoms with E-state index in [0.29, 0.717) is 5.69 Å². The number of aromatic amines is 1. The van der Waals surface area contributed by atoms with Gasteiger partial charge in [-0.1, -0.05) is 12.1 Å². The molecule has 0 atom stereocenters. The summed E-state index contributed by atoms with van der Waals surface area (Å²) in [6.07, 6.45) is 0. The third-order valence-electron chi connectivity index (χ3n) is 3.17. The Kier molecular flexibility index (Phi) is 2.99. The number of hydrogen-bond acceptors (Lipinski definition) is 2. The van der Waals surface area contributed by atoms with Crippen LogP contribution in [0.25, 0.3) is 22.6 Å². The van der Waals surface area contributed by atoms with E-state index in [1.165, 1.54) is 12.1 Å². The van der Waals surface area contributed by atoms with Crippen LogP contribution < -0.4 is 5.73 Å². The lowest BCUT2D eigenvalue weighted by Crippen LogP contribution is -1.85. The van der Waals surface area contributed by atoms with Crippen LogP contribution in [0.3, 0.4) is 0 Å². The Balaban J connectivity index is 2.05. The van der Waals surface area contributed by atoms with Crippen molar-refractivity contribution in [3.63, 3.8) is 0 Å². The van der Waals surface area contributed by atoms with Gasteiger partial charge in [-0.25, -0.2) is 9.37 Å². The van der Waals surface area contributed by atoms with Crippen molar-refractivity contribution in [2.45, 2.75) is 6.92 Å². The Morgan fingerprint density at radius 1 is 1.05 bits per heavy atom. The molecule has 0 fully saturated rings. The minimum absolute atomic E-state index is 0.265. The number of rotatable bonds is 2. The van der Waals surface area contributed by atoms with Gasteiger partial charge in [0.1, 0.15) is 11.6 Å². The highest BCUT2D eigenvalue weighted by Gasteiger charge is 2.10. The second-order valence-corrected chi connectivity index (χ2v) is 4.69. The van der Waals surface area contributed by atoms with Crippen LogP contribution in [0.2, 0.25) is 0 Å². The van der Waals surface area contributed by atoms with Crippen molar-refractivity contribution < 1.29 is 4.39 Å². The smallest absolute Gasteiger partial charge is 0.138 e. The van der Waals surface area contributed by atoms with E-state index in [1.807, 2.05) is 37.3 Å². The molecular weight excluding hydrogens is 253 g/mol. The molecule has 0 amide bonds. The first kappa shape index (κ1) is 12.4. The summed E-state index contributed by atoms with van der Waals surface area (Å²) >= 11 is 0. The molecular formula is C16H14FN3. The number of anilines is 1. The fourth-order valence-corrected chi connectivity index (χ4v) is 2.15. The second kappa shape index (κ2) is 4.81. The highest BCUT2D eigenvalue weighted by atomic mass is 19.1. The molecule has 0 aliphatic rings. The summed E-state index contributed by atoms with van der Waals surface area (Å²) in [6.45, 7) is 1.92. The molecule has 0 bridgehead atoms. The first-order valence-corrected chi connectivity index (χ1v) is 6.32. The molecule has 3 N–H and O–H groups in total. The van der Waals surface area contributed by atoms with Gasteiger partial charge in [-0.15, -0.1) is 0 Å². The largest absolute Gasteiger partial charge is 0.399 e. The van der Waals surface area contributed by atoms with Gasteiger partial charge >= 0.3 is 0 Å². The van der Waals surface area contributed by atoms with E-state index in [9.17, 15) is 4.39 Å². The van der Waals surface area contributed by atoms with Crippen LogP contribution in [0.4, 0.5) is 10.1 Å². The molecule has 3 nitrogen and oxygen atoms in total. The number of nitrogens with zero attached hydrogens (tertiary/aromatic N) is 1. The predicted octanol–water partition coefficient (Wildman–Crippen LogP) is 3.77. The Bertz CT molecular complexity index is 745. The molecule has 1 aromatic heterocycles. The Hall–Kier alpha value is -2.62. The van der Waals surface area contributed by atoms with Gasteiger partial charge < -0.3 is 10.7 Å². The van der Waals surface area contributed by atoms with Gasteiger partial charge in [0, 0.05) is 22.5 Å². The predicted molar refractivity (Wildman–Crippen MR) is 78.6 cm³/mol. The van der Waals surface area contributed by atoms with E-state index in [0.717, 1.165) is 28.3 Å². The van der Waals surface area contributed by atoms with E-state index in [1.54, 1.807) is 6.07 Å². The lowest BCUT2D eigenvalue weighted by atomic mass is 10.1. The topological polar surface area (TPSA) is 54.7 Å². The Morgan fingerprint density at radius 3 is 2.50 bits per heavy atom. The summed E-state index contributed by atoms with van der Waals surface area (Å²) in [6, 6.07) is 13.9. The summed E-state index contributed by atoms with van der Waals surface area (Å²) in [4.78, 5) is 7.78. The molecule has 0 spiro atoms. The van der Waals surface area contributed by atoms with Crippen LogP contribution in [0.1, 0.15) is 5.69 Å². The number of nitrogens with two attached hydrogens (primary N) is 1. The summed E-state index contributed by atoms with van der Waals surface area (Å²) in [5.41, 5.74) is 9.76. The molecule has 0 saturated heterocycles. The maximum atomic E-state index is 13.3. The average molecular weight is 267 g/mol. The summed E-state index contributed by atoms with van der Waals surface area (Å²) in [5, 5.41) is 0. The quantitative estimate of drug-likeness (QED) is 0.694. The van der Waals surface area contributed by atoms with E-state index < -0.39 is 0 Å². The van der Waals surface area contributed by atoms with Crippen LogP contribution >= 0.6 is 0 Å². The van der Waals surface area contributed by atoms with E-state index in [2.05, 4.69) is 9.97 Å². The minimum atomic E-state index is -0.265. The van der Waals surface area contributed by atoms with Crippen molar-refractivity contribution in [2.75, 3.05) is 5.73 Å². The minimum Gasteiger partial charge on any atom is -0.399 e. The third-order valence-corrected chi connectivity index (χ3v) is 3.17. The molecule has 100 valence electrons. The van der Waals surface area contributed by atoms with E-state index >= 15 is 0 Å². The average Bonchev–Trinajstić information content (AvgIpc) is 2.82. The van der Waals surface area contributed by atoms with Crippen molar-refractivity contribution in [3.8, 4) is 22.6 Å². The SMILES string of the molecule is Cc1[nH]c(-c2ccc(N)cc2)nc1-c1cccc(F)c1. The van der Waals surface area contributed by atoms with Gasteiger partial charge in [-0.05, 0) is 43.3 Å². The van der Waals surface area contributed by atoms with Crippen molar-refractivity contribution >= 4 is 5.69 Å². The molecule has 0 aliphatic heterocycles. The maximum absolute atomic E-state index is 13.3. The summed E-state index contributed by atoms with van der Waals surface area (Å²) < 4.78 is 13.3. The number of aromatic nitrogens is 2. The summed E-state index contributed by atoms with van der Waals surface area (Å²) in [7, 11) is 0. The number of H-pyrrole nitrogens is 1. The number of nitrogens with one attached hydrogen (secondary N) is 1. The fraction of sp³-hybridized carbons (Fsp3) is 0.0625. The molecule has 0 radical (unpaired) electrons. The highest BCUT2D eigenvalue weighted by molar-refractivity contribution is 5.68. The van der Waals surface area contributed by atoms with Crippen molar-refractivity contribution in [1.82, 2.24) is 9.97 Å². The molecule has 3 aromatic rings. The van der Waals surface area contributed by atoms with Gasteiger partial charge in [0.2, 0.25) is 0 Å². The van der Waals surface area contributed by atoms with Crippen LogP contribution in [0.5, 0.6) is 0 Å². The Morgan fingerprint density at radius 2 is 1.80 bits per heavy atom. The maximum Gasteiger partial charge on any atom is 0.138 e. The molecule has 0 aliphatic carbocycles. The van der Waals surface area contributed by atoms with Crippen LogP contribution in [0.15, 0.2) is 48.5 Å². The van der Waals surface area contributed by atoms with Gasteiger partial charge in [-0.2, -0.15) is 0 Å². The number of nitrogen functional groups attached to an aromatic ring is 1. The molecule has 0 unspecified atom stereocenters. The fourth-order valence-electron chi connectivity index (χ4n) is 2.15. The highest BCUT2D eigenvalue weighted by Crippen LogP contribution is 2.26. The van der Waals surface area contributed by atoms with Gasteiger partial charge in [0.25, 0.3) is 0 Å². The molecule has 0 saturated carbocycles. The number of halogens is 1. The first-order chi connectivity index (χ1) is 9.63. The van der Waals surface area contributed by atoms with Crippen molar-refractivity contribution in [1.29, 1.82) is 0 Å². The van der Waals surface area contributed by atoms with Crippen molar-refractivity contribution in [2.24, 2.45) is 0 Å². The number of aryl methyl sites for hydroxylation is 1. The van der Waals surface area contributed by atoms with Crippen LogP contribution in [-0.4, -0.2) is 9.97 Å². The van der Waals surface area contributed by atoms with E-state index in [4.69, 9.17) is 5.73 Å². The lowest BCUT2D eigenvalue weighted by molar-refractivity contribution is 0.628. The molecule has 3 rings (SSSR count). The second-order valence-electron chi connectivity index (χ2n) is 4.69. The van der Waals surface area contributed by atoms with Gasteiger partial charge in [0.05, 0.1) is 5.69 Å². The van der Waals surface area contributed by atoms with Gasteiger partial charge in [0.15, 0.2) is 0 Å². The zero-order valence-electron chi connectivity index (χ0n) is 11.0. The third kappa shape index (κ3) is 2.28. The zero-order chi connectivity index (χ0) is 14.1. The normalized spacial score (nSPS) is 10.7. The molecule has 2 aromatic carbocycles. The number of benzene rings is 2. The van der Waals surface area contributed by atoms with Crippen LogP contribution in [-0.2, 0) is 0 Å². The first-order valence-electron chi connectivity index (χ1n) is 6.32. The Labute approximate surface area is 116 Å². The number of hydrogen-bond donors (Lipinski definition) is 2. The molecule has 1 heterocycles. The molecule has 4 heteroatoms. The number of imidazole rings is 1. The summed E-state index contributed by atoms with van der Waals surface area (Å²) in [5.74, 6) is 0.487. The standard InChI is InChI=1S/C16H14FN3/c1-10-15(12-3-2-4-13(17)9-12)20-16(19-10)11-5-7-14(18)8-6-11/h2-9H,18H2,1H3,(H,19,20). The van der Waals surface area contributed by atoms with E-state index in [-0.39, 0.29) is 5.82 Å².